The lowest BCUT2D eigenvalue weighted by atomic mass is 10.1. The molecule has 176 valence electrons. The first-order valence-electron chi connectivity index (χ1n) is 11.7. The van der Waals surface area contributed by atoms with E-state index >= 15 is 0 Å². The van der Waals surface area contributed by atoms with Crippen LogP contribution in [0.3, 0.4) is 0 Å². The topological polar surface area (TPSA) is 72.5 Å². The average Bonchev–Trinajstić information content (AvgIpc) is 3.67. The number of pyridine rings is 1. The lowest BCUT2D eigenvalue weighted by Crippen LogP contribution is -2.26. The molecule has 2 atom stereocenters. The molecule has 0 unspecified atom stereocenters. The molecule has 2 fully saturated rings. The fourth-order valence-corrected chi connectivity index (χ4v) is 4.47. The van der Waals surface area contributed by atoms with E-state index in [4.69, 9.17) is 9.47 Å². The summed E-state index contributed by atoms with van der Waals surface area (Å²) in [5.74, 6) is 0.849. The van der Waals surface area contributed by atoms with Crippen molar-refractivity contribution in [3.05, 3.63) is 72.2 Å². The van der Waals surface area contributed by atoms with Crippen LogP contribution in [0.4, 0.5) is 15.9 Å². The van der Waals surface area contributed by atoms with E-state index in [1.54, 1.807) is 12.3 Å². The first-order valence-corrected chi connectivity index (χ1v) is 11.7. The highest BCUT2D eigenvalue weighted by Gasteiger charge is 2.44. The van der Waals surface area contributed by atoms with Gasteiger partial charge in [0.25, 0.3) is 0 Å². The number of benzene rings is 2. The summed E-state index contributed by atoms with van der Waals surface area (Å²) in [7, 11) is 1.87. The molecule has 2 heterocycles. The molecule has 6 nitrogen and oxygen atoms in total. The van der Waals surface area contributed by atoms with Crippen molar-refractivity contribution in [3.8, 4) is 16.9 Å². The van der Waals surface area contributed by atoms with Crippen molar-refractivity contribution < 1.29 is 18.7 Å². The van der Waals surface area contributed by atoms with Crippen molar-refractivity contribution in [1.82, 2.24) is 4.98 Å². The molecule has 1 aromatic heterocycles. The first-order chi connectivity index (χ1) is 16.6. The molecule has 1 amide bonds. The maximum Gasteiger partial charge on any atom is 0.229 e. The Hall–Kier alpha value is -3.45. The molecular formula is C27H28FN3O3. The average molecular weight is 462 g/mol. The summed E-state index contributed by atoms with van der Waals surface area (Å²) in [5, 5.41) is 6.15. The van der Waals surface area contributed by atoms with Gasteiger partial charge in [0.2, 0.25) is 5.91 Å². The van der Waals surface area contributed by atoms with Crippen LogP contribution < -0.4 is 15.4 Å². The molecule has 7 heteroatoms. The summed E-state index contributed by atoms with van der Waals surface area (Å²) in [6, 6.07) is 16.3. The van der Waals surface area contributed by atoms with E-state index < -0.39 is 0 Å². The number of rotatable bonds is 7. The van der Waals surface area contributed by atoms with Crippen LogP contribution in [0.15, 0.2) is 60.8 Å². The normalized spacial score (nSPS) is 19.9. The number of carbonyl (C=O) groups is 1. The summed E-state index contributed by atoms with van der Waals surface area (Å²) in [6.07, 6.45) is 4.34. The smallest absolute Gasteiger partial charge is 0.229 e. The maximum atomic E-state index is 13.5. The second-order valence-electron chi connectivity index (χ2n) is 8.81. The molecule has 2 aromatic carbocycles. The Bertz CT molecular complexity index is 1180. The standard InChI is InChI=1S/C27H28FN3O3/c1-29-24-14-17(5-6-25(24)34-21-8-11-33-12-9-21)18-7-10-30-26(15-18)31-27(32)23-16-22(23)19-3-2-4-20(28)13-19/h2-7,10,13-15,21-23,29H,8-9,11-12,16H2,1H3,(H,30,31,32)/t22-,23+/m1/s1. The minimum absolute atomic E-state index is 0.0559. The van der Waals surface area contributed by atoms with Gasteiger partial charge in [0.15, 0.2) is 0 Å². The van der Waals surface area contributed by atoms with Crippen molar-refractivity contribution in [3.63, 3.8) is 0 Å². The largest absolute Gasteiger partial charge is 0.488 e. The summed E-state index contributed by atoms with van der Waals surface area (Å²) >= 11 is 0. The van der Waals surface area contributed by atoms with E-state index in [0.717, 1.165) is 60.6 Å². The fourth-order valence-electron chi connectivity index (χ4n) is 4.47. The second-order valence-corrected chi connectivity index (χ2v) is 8.81. The number of hydrogen-bond donors (Lipinski definition) is 2. The highest BCUT2D eigenvalue weighted by Crippen LogP contribution is 2.48. The van der Waals surface area contributed by atoms with E-state index in [1.165, 1.54) is 12.1 Å². The van der Waals surface area contributed by atoms with Crippen molar-refractivity contribution in [1.29, 1.82) is 0 Å². The van der Waals surface area contributed by atoms with Crippen molar-refractivity contribution >= 4 is 17.4 Å². The minimum Gasteiger partial charge on any atom is -0.488 e. The van der Waals surface area contributed by atoms with Crippen molar-refractivity contribution in [2.75, 3.05) is 30.9 Å². The zero-order chi connectivity index (χ0) is 23.5. The number of nitrogens with one attached hydrogen (secondary N) is 2. The Morgan fingerprint density at radius 2 is 1.91 bits per heavy atom. The van der Waals surface area contributed by atoms with Gasteiger partial charge in [-0.1, -0.05) is 18.2 Å². The van der Waals surface area contributed by atoms with Gasteiger partial charge in [-0.2, -0.15) is 0 Å². The number of ether oxygens (including phenoxy) is 2. The number of halogens is 1. The Morgan fingerprint density at radius 3 is 2.71 bits per heavy atom. The van der Waals surface area contributed by atoms with Crippen LogP contribution >= 0.6 is 0 Å². The number of amides is 1. The van der Waals surface area contributed by atoms with E-state index in [-0.39, 0.29) is 29.7 Å². The van der Waals surface area contributed by atoms with Crippen LogP contribution in [0, 0.1) is 11.7 Å². The van der Waals surface area contributed by atoms with Gasteiger partial charge < -0.3 is 20.1 Å². The molecule has 1 saturated heterocycles. The van der Waals surface area contributed by atoms with Crippen LogP contribution in [0.25, 0.3) is 11.1 Å². The number of hydrogen-bond acceptors (Lipinski definition) is 5. The third-order valence-electron chi connectivity index (χ3n) is 6.46. The molecule has 2 N–H and O–H groups in total. The van der Waals surface area contributed by atoms with Gasteiger partial charge in [-0.3, -0.25) is 4.79 Å². The quantitative estimate of drug-likeness (QED) is 0.504. The van der Waals surface area contributed by atoms with Crippen LogP contribution in [-0.4, -0.2) is 37.3 Å². The van der Waals surface area contributed by atoms with Gasteiger partial charge in [0, 0.05) is 32.0 Å². The Balaban J connectivity index is 1.27. The van der Waals surface area contributed by atoms with Gasteiger partial charge in [-0.15, -0.1) is 0 Å². The molecule has 3 aromatic rings. The Labute approximate surface area is 198 Å². The number of anilines is 2. The summed E-state index contributed by atoms with van der Waals surface area (Å²) < 4.78 is 25.1. The molecule has 0 bridgehead atoms. The highest BCUT2D eigenvalue weighted by molar-refractivity contribution is 5.95. The van der Waals surface area contributed by atoms with Gasteiger partial charge in [0.05, 0.1) is 18.9 Å². The van der Waals surface area contributed by atoms with E-state index in [0.29, 0.717) is 5.82 Å². The molecule has 0 radical (unpaired) electrons. The van der Waals surface area contributed by atoms with Gasteiger partial charge in [0.1, 0.15) is 23.5 Å². The molecule has 5 rings (SSSR count). The van der Waals surface area contributed by atoms with Crippen molar-refractivity contribution in [2.24, 2.45) is 5.92 Å². The minimum atomic E-state index is -0.275. The van der Waals surface area contributed by atoms with Crippen LogP contribution in [-0.2, 0) is 9.53 Å². The van der Waals surface area contributed by atoms with Crippen LogP contribution in [0.5, 0.6) is 5.75 Å². The Kier molecular flexibility index (Phi) is 6.45. The number of nitrogens with zero attached hydrogens (tertiary/aromatic N) is 1. The molecule has 34 heavy (non-hydrogen) atoms. The predicted molar refractivity (Wildman–Crippen MR) is 130 cm³/mol. The monoisotopic (exact) mass is 461 g/mol. The maximum absolute atomic E-state index is 13.5. The molecular weight excluding hydrogens is 433 g/mol. The lowest BCUT2D eigenvalue weighted by Gasteiger charge is -2.24. The van der Waals surface area contributed by atoms with E-state index in [1.807, 2.05) is 43.4 Å². The Morgan fingerprint density at radius 1 is 1.09 bits per heavy atom. The first kappa shape index (κ1) is 22.3. The fraction of sp³-hybridized carbons (Fsp3) is 0.333. The lowest BCUT2D eigenvalue weighted by molar-refractivity contribution is -0.117. The zero-order valence-electron chi connectivity index (χ0n) is 19.1. The molecule has 1 aliphatic heterocycles. The van der Waals surface area contributed by atoms with E-state index in [2.05, 4.69) is 15.6 Å². The number of carbonyl (C=O) groups excluding carboxylic acids is 1. The van der Waals surface area contributed by atoms with Crippen LogP contribution in [0.2, 0.25) is 0 Å². The third kappa shape index (κ3) is 5.04. The van der Waals surface area contributed by atoms with Gasteiger partial charge in [-0.25, -0.2) is 9.37 Å². The summed E-state index contributed by atoms with van der Waals surface area (Å²) in [5.41, 5.74) is 3.70. The third-order valence-corrected chi connectivity index (χ3v) is 6.46. The van der Waals surface area contributed by atoms with Crippen molar-refractivity contribution in [2.45, 2.75) is 31.3 Å². The van der Waals surface area contributed by atoms with Gasteiger partial charge in [-0.05, 0) is 65.4 Å². The highest BCUT2D eigenvalue weighted by atomic mass is 19.1. The second kappa shape index (κ2) is 9.81. The zero-order valence-corrected chi connectivity index (χ0v) is 19.1. The predicted octanol–water partition coefficient (Wildman–Crippen LogP) is 5.23. The summed E-state index contributed by atoms with van der Waals surface area (Å²) in [4.78, 5) is 17.1. The molecule has 1 saturated carbocycles. The number of aromatic nitrogens is 1. The SMILES string of the molecule is CNc1cc(-c2ccnc(NC(=O)[C@H]3C[C@@H]3c3cccc(F)c3)c2)ccc1OC1CCOCC1. The van der Waals surface area contributed by atoms with E-state index in [9.17, 15) is 9.18 Å². The molecule has 1 aliphatic carbocycles. The van der Waals surface area contributed by atoms with Gasteiger partial charge >= 0.3 is 0 Å². The van der Waals surface area contributed by atoms with Crippen LogP contribution in [0.1, 0.15) is 30.7 Å². The molecule has 0 spiro atoms. The molecule has 2 aliphatic rings. The summed E-state index contributed by atoms with van der Waals surface area (Å²) in [6.45, 7) is 1.46.